The van der Waals surface area contributed by atoms with Crippen LogP contribution in [0.4, 0.5) is 0 Å². The fourth-order valence-corrected chi connectivity index (χ4v) is 2.70. The molecule has 0 spiro atoms. The lowest BCUT2D eigenvalue weighted by Crippen LogP contribution is -1.90. The van der Waals surface area contributed by atoms with Crippen molar-refractivity contribution in [1.29, 1.82) is 0 Å². The third-order valence-corrected chi connectivity index (χ3v) is 4.19. The first-order chi connectivity index (χ1) is 8.34. The summed E-state index contributed by atoms with van der Waals surface area (Å²) in [4.78, 5) is 23.6. The summed E-state index contributed by atoms with van der Waals surface area (Å²) in [5, 5.41) is 1.68. The van der Waals surface area contributed by atoms with Gasteiger partial charge in [0.15, 0.2) is 5.65 Å². The molecule has 0 fully saturated rings. The molecule has 3 rings (SSSR count). The minimum absolute atomic E-state index is 0.659. The zero-order chi connectivity index (χ0) is 11.7. The van der Waals surface area contributed by atoms with Gasteiger partial charge in [0.05, 0.1) is 9.90 Å². The van der Waals surface area contributed by atoms with Gasteiger partial charge in [0.2, 0.25) is 0 Å². The molecule has 0 aliphatic rings. The van der Waals surface area contributed by atoms with E-state index in [2.05, 4.69) is 52.5 Å². The Morgan fingerprint density at radius 2 is 1.94 bits per heavy atom. The summed E-state index contributed by atoms with van der Waals surface area (Å²) in [5.41, 5.74) is 1.48. The Balaban J connectivity index is 2.06. The van der Waals surface area contributed by atoms with Crippen molar-refractivity contribution in [2.45, 2.75) is 10.1 Å². The first-order valence-corrected chi connectivity index (χ1v) is 6.51. The molecule has 8 heteroatoms. The molecule has 0 saturated carbocycles. The van der Waals surface area contributed by atoms with E-state index in [-0.39, 0.29) is 0 Å². The average Bonchev–Trinajstić information content (AvgIpc) is 2.81. The lowest BCUT2D eigenvalue weighted by atomic mass is 10.6. The Hall–Kier alpha value is -1.29. The highest BCUT2D eigenvalue weighted by atomic mass is 127. The fourth-order valence-electron chi connectivity index (χ4n) is 1.29. The highest BCUT2D eigenvalue weighted by Gasteiger charge is 2.10. The van der Waals surface area contributed by atoms with Crippen LogP contribution in [0.2, 0.25) is 0 Å². The minimum atomic E-state index is 0.659. The van der Waals surface area contributed by atoms with E-state index >= 15 is 0 Å². The first-order valence-electron chi connectivity index (χ1n) is 4.62. The Bertz CT molecular complexity index is 669. The number of halogens is 1. The molecule has 0 aliphatic heterocycles. The van der Waals surface area contributed by atoms with Gasteiger partial charge in [0.1, 0.15) is 28.2 Å². The van der Waals surface area contributed by atoms with E-state index in [0.29, 0.717) is 5.65 Å². The summed E-state index contributed by atoms with van der Waals surface area (Å²) in [5.74, 6) is 0. The molecule has 1 N–H and O–H groups in total. The fraction of sp³-hybridized carbons (Fsp3) is 0. The number of aromatic amines is 1. The van der Waals surface area contributed by atoms with Crippen molar-refractivity contribution in [2.24, 2.45) is 0 Å². The number of hydrogen-bond donors (Lipinski definition) is 1. The summed E-state index contributed by atoms with van der Waals surface area (Å²) < 4.78 is 0.987. The molecule has 0 saturated heterocycles. The lowest BCUT2D eigenvalue weighted by Gasteiger charge is -2.01. The normalized spacial score (nSPS) is 10.9. The van der Waals surface area contributed by atoms with E-state index in [9.17, 15) is 0 Å². The predicted octanol–water partition coefficient (Wildman–Crippen LogP) is 1.90. The number of aromatic nitrogens is 6. The SMILES string of the molecule is Ic1cncnc1Sc1ncnc2nc[nH]c12. The van der Waals surface area contributed by atoms with Gasteiger partial charge in [-0.1, -0.05) is 0 Å². The summed E-state index contributed by atoms with van der Waals surface area (Å²) >= 11 is 3.66. The van der Waals surface area contributed by atoms with Crippen molar-refractivity contribution in [3.63, 3.8) is 0 Å². The number of H-pyrrole nitrogens is 1. The van der Waals surface area contributed by atoms with Gasteiger partial charge < -0.3 is 4.98 Å². The highest BCUT2D eigenvalue weighted by molar-refractivity contribution is 14.1. The second-order valence-corrected chi connectivity index (χ2v) is 5.20. The van der Waals surface area contributed by atoms with Gasteiger partial charge in [-0.15, -0.1) is 0 Å². The smallest absolute Gasteiger partial charge is 0.181 e. The lowest BCUT2D eigenvalue weighted by molar-refractivity contribution is 1.01. The summed E-state index contributed by atoms with van der Waals surface area (Å²) in [6.07, 6.45) is 6.39. The number of nitrogens with one attached hydrogen (secondary N) is 1. The molecular weight excluding hydrogens is 351 g/mol. The Morgan fingerprint density at radius 3 is 2.82 bits per heavy atom. The number of imidazole rings is 1. The third-order valence-electron chi connectivity index (χ3n) is 2.02. The second-order valence-electron chi connectivity index (χ2n) is 3.06. The van der Waals surface area contributed by atoms with E-state index in [4.69, 9.17) is 0 Å². The molecule has 17 heavy (non-hydrogen) atoms. The van der Waals surface area contributed by atoms with Gasteiger partial charge in [-0.05, 0) is 34.4 Å². The molecule has 6 nitrogen and oxygen atoms in total. The molecule has 0 bridgehead atoms. The zero-order valence-corrected chi connectivity index (χ0v) is 11.3. The Labute approximate surface area is 114 Å². The van der Waals surface area contributed by atoms with Crippen LogP contribution < -0.4 is 0 Å². The van der Waals surface area contributed by atoms with Crippen molar-refractivity contribution in [2.75, 3.05) is 0 Å². The van der Waals surface area contributed by atoms with E-state index < -0.39 is 0 Å². The number of fused-ring (bicyclic) bond motifs is 1. The number of nitrogens with zero attached hydrogens (tertiary/aromatic N) is 5. The molecule has 0 aliphatic carbocycles. The highest BCUT2D eigenvalue weighted by Crippen LogP contribution is 2.30. The van der Waals surface area contributed by atoms with Crippen LogP contribution in [0.15, 0.2) is 35.2 Å². The van der Waals surface area contributed by atoms with Gasteiger partial charge in [-0.3, -0.25) is 0 Å². The molecule has 0 radical (unpaired) electrons. The summed E-state index contributed by atoms with van der Waals surface area (Å²) in [7, 11) is 0. The molecule has 0 atom stereocenters. The molecule has 3 heterocycles. The van der Waals surface area contributed by atoms with Crippen LogP contribution in [0.5, 0.6) is 0 Å². The van der Waals surface area contributed by atoms with Gasteiger partial charge >= 0.3 is 0 Å². The molecule has 0 unspecified atom stereocenters. The standard InChI is InChI=1S/C9H5IN6S/c10-5-1-11-2-15-8(5)17-9-6-7(13-3-12-6)14-4-16-9/h1-4H,(H,12,13,14,16). The maximum atomic E-state index is 4.23. The monoisotopic (exact) mass is 356 g/mol. The van der Waals surface area contributed by atoms with E-state index in [1.54, 1.807) is 12.5 Å². The first kappa shape index (κ1) is 10.8. The minimum Gasteiger partial charge on any atom is -0.341 e. The molecule has 3 aromatic rings. The molecule has 84 valence electrons. The second kappa shape index (κ2) is 4.53. The predicted molar refractivity (Wildman–Crippen MR) is 70.6 cm³/mol. The molecular formula is C9H5IN6S. The van der Waals surface area contributed by atoms with Crippen LogP contribution in [0.1, 0.15) is 0 Å². The van der Waals surface area contributed by atoms with Gasteiger partial charge in [-0.2, -0.15) is 0 Å². The largest absolute Gasteiger partial charge is 0.341 e. The maximum absolute atomic E-state index is 4.23. The van der Waals surface area contributed by atoms with Crippen LogP contribution >= 0.6 is 34.4 Å². The average molecular weight is 356 g/mol. The maximum Gasteiger partial charge on any atom is 0.181 e. The number of rotatable bonds is 2. The summed E-state index contributed by atoms with van der Waals surface area (Å²) in [6.45, 7) is 0. The molecule has 0 amide bonds. The van der Waals surface area contributed by atoms with Crippen molar-refractivity contribution < 1.29 is 0 Å². The van der Waals surface area contributed by atoms with Crippen molar-refractivity contribution >= 4 is 45.5 Å². The van der Waals surface area contributed by atoms with E-state index in [1.807, 2.05) is 0 Å². The zero-order valence-electron chi connectivity index (χ0n) is 8.33. The van der Waals surface area contributed by atoms with Gasteiger partial charge in [-0.25, -0.2) is 24.9 Å². The Kier molecular flexibility index (Phi) is 2.89. The van der Waals surface area contributed by atoms with Crippen molar-refractivity contribution in [1.82, 2.24) is 29.9 Å². The third kappa shape index (κ3) is 2.09. The van der Waals surface area contributed by atoms with Crippen molar-refractivity contribution in [3.05, 3.63) is 28.7 Å². The van der Waals surface area contributed by atoms with E-state index in [0.717, 1.165) is 19.1 Å². The van der Waals surface area contributed by atoms with Crippen LogP contribution in [0, 0.1) is 3.57 Å². The number of hydrogen-bond acceptors (Lipinski definition) is 6. The van der Waals surface area contributed by atoms with Crippen molar-refractivity contribution in [3.8, 4) is 0 Å². The van der Waals surface area contributed by atoms with Gasteiger partial charge in [0, 0.05) is 6.20 Å². The van der Waals surface area contributed by atoms with Crippen LogP contribution in [-0.2, 0) is 0 Å². The van der Waals surface area contributed by atoms with Gasteiger partial charge in [0.25, 0.3) is 0 Å². The van der Waals surface area contributed by atoms with Crippen LogP contribution in [0.25, 0.3) is 11.2 Å². The Morgan fingerprint density at radius 1 is 1.06 bits per heavy atom. The topological polar surface area (TPSA) is 80.2 Å². The van der Waals surface area contributed by atoms with Crippen LogP contribution in [0.3, 0.4) is 0 Å². The quantitative estimate of drug-likeness (QED) is 0.558. The van der Waals surface area contributed by atoms with Crippen LogP contribution in [-0.4, -0.2) is 29.9 Å². The summed E-state index contributed by atoms with van der Waals surface area (Å²) in [6, 6.07) is 0. The van der Waals surface area contributed by atoms with E-state index in [1.165, 1.54) is 24.4 Å². The molecule has 0 aromatic carbocycles. The molecule has 3 aromatic heterocycles.